The lowest BCUT2D eigenvalue weighted by Crippen LogP contribution is -2.54. The van der Waals surface area contributed by atoms with Crippen molar-refractivity contribution in [1.29, 1.82) is 0 Å². The fourth-order valence-corrected chi connectivity index (χ4v) is 1.31. The van der Waals surface area contributed by atoms with E-state index in [9.17, 15) is 5.11 Å². The number of hydrogen-bond donors (Lipinski definition) is 3. The SMILES string of the molecule is CC(O)N1CCNC(CO)C1. The summed E-state index contributed by atoms with van der Waals surface area (Å²) in [4.78, 5) is 1.94. The van der Waals surface area contributed by atoms with Crippen LogP contribution in [0.5, 0.6) is 0 Å². The molecule has 1 fully saturated rings. The first-order valence-electron chi connectivity index (χ1n) is 4.00. The molecule has 3 N–H and O–H groups in total. The maximum absolute atomic E-state index is 9.21. The lowest BCUT2D eigenvalue weighted by atomic mass is 10.2. The molecule has 66 valence electrons. The highest BCUT2D eigenvalue weighted by Gasteiger charge is 2.20. The molecule has 1 aliphatic rings. The number of piperazine rings is 1. The average Bonchev–Trinajstić information content (AvgIpc) is 2.05. The minimum atomic E-state index is -0.397. The van der Waals surface area contributed by atoms with Crippen LogP contribution in [0.3, 0.4) is 0 Å². The Kier molecular flexibility index (Phi) is 3.26. The van der Waals surface area contributed by atoms with Crippen LogP contribution in [0.4, 0.5) is 0 Å². The molecular weight excluding hydrogens is 144 g/mol. The summed E-state index contributed by atoms with van der Waals surface area (Å²) in [6.45, 7) is 4.32. The third-order valence-corrected chi connectivity index (χ3v) is 2.04. The van der Waals surface area contributed by atoms with Crippen LogP contribution in [0, 0.1) is 0 Å². The van der Waals surface area contributed by atoms with Crippen molar-refractivity contribution in [2.45, 2.75) is 19.2 Å². The Hall–Kier alpha value is -0.160. The molecule has 2 atom stereocenters. The summed E-state index contributed by atoms with van der Waals surface area (Å²) in [5, 5.41) is 21.2. The smallest absolute Gasteiger partial charge is 0.104 e. The van der Waals surface area contributed by atoms with Gasteiger partial charge in [0.15, 0.2) is 0 Å². The molecule has 0 aromatic rings. The van der Waals surface area contributed by atoms with Gasteiger partial charge in [0.05, 0.1) is 6.61 Å². The summed E-state index contributed by atoms with van der Waals surface area (Å²) in [6, 6.07) is 0.123. The van der Waals surface area contributed by atoms with Gasteiger partial charge in [-0.25, -0.2) is 0 Å². The highest BCUT2D eigenvalue weighted by Crippen LogP contribution is 2.01. The Balaban J connectivity index is 2.33. The van der Waals surface area contributed by atoms with E-state index in [4.69, 9.17) is 5.11 Å². The van der Waals surface area contributed by atoms with Gasteiger partial charge in [-0.2, -0.15) is 0 Å². The molecule has 4 heteroatoms. The van der Waals surface area contributed by atoms with E-state index in [0.717, 1.165) is 19.6 Å². The van der Waals surface area contributed by atoms with Crippen LogP contribution in [0.15, 0.2) is 0 Å². The van der Waals surface area contributed by atoms with Gasteiger partial charge < -0.3 is 15.5 Å². The molecular formula is C7H16N2O2. The molecule has 1 rings (SSSR count). The van der Waals surface area contributed by atoms with Crippen molar-refractivity contribution in [3.05, 3.63) is 0 Å². The van der Waals surface area contributed by atoms with Crippen LogP contribution < -0.4 is 5.32 Å². The maximum Gasteiger partial charge on any atom is 0.104 e. The van der Waals surface area contributed by atoms with Crippen LogP contribution in [-0.4, -0.2) is 53.6 Å². The number of aliphatic hydroxyl groups excluding tert-OH is 2. The van der Waals surface area contributed by atoms with Crippen LogP contribution >= 0.6 is 0 Å². The molecule has 11 heavy (non-hydrogen) atoms. The summed E-state index contributed by atoms with van der Waals surface area (Å²) in [5.74, 6) is 0. The predicted molar refractivity (Wildman–Crippen MR) is 42.1 cm³/mol. The molecule has 0 aliphatic carbocycles. The molecule has 0 spiro atoms. The molecule has 0 aromatic heterocycles. The van der Waals surface area contributed by atoms with E-state index in [1.165, 1.54) is 0 Å². The zero-order valence-corrected chi connectivity index (χ0v) is 6.82. The monoisotopic (exact) mass is 160 g/mol. The largest absolute Gasteiger partial charge is 0.395 e. The molecule has 4 nitrogen and oxygen atoms in total. The first-order valence-corrected chi connectivity index (χ1v) is 4.00. The Morgan fingerprint density at radius 3 is 3.00 bits per heavy atom. The second kappa shape index (κ2) is 4.01. The minimum Gasteiger partial charge on any atom is -0.395 e. The van der Waals surface area contributed by atoms with E-state index in [1.54, 1.807) is 6.92 Å². The van der Waals surface area contributed by atoms with Crippen LogP contribution in [-0.2, 0) is 0 Å². The van der Waals surface area contributed by atoms with Crippen molar-refractivity contribution in [3.63, 3.8) is 0 Å². The normalized spacial score (nSPS) is 30.3. The molecule has 1 aliphatic heterocycles. The van der Waals surface area contributed by atoms with Gasteiger partial charge in [0.2, 0.25) is 0 Å². The first-order chi connectivity index (χ1) is 5.24. The minimum absolute atomic E-state index is 0.123. The van der Waals surface area contributed by atoms with E-state index in [1.807, 2.05) is 4.90 Å². The molecule has 1 saturated heterocycles. The van der Waals surface area contributed by atoms with Crippen molar-refractivity contribution < 1.29 is 10.2 Å². The van der Waals surface area contributed by atoms with Gasteiger partial charge in [0, 0.05) is 25.7 Å². The number of nitrogens with one attached hydrogen (secondary N) is 1. The molecule has 0 aromatic carbocycles. The van der Waals surface area contributed by atoms with Gasteiger partial charge in [0.25, 0.3) is 0 Å². The summed E-state index contributed by atoms with van der Waals surface area (Å²) in [6.07, 6.45) is -0.397. The lowest BCUT2D eigenvalue weighted by Gasteiger charge is -2.34. The molecule has 2 unspecified atom stereocenters. The summed E-state index contributed by atoms with van der Waals surface area (Å²) < 4.78 is 0. The van der Waals surface area contributed by atoms with Crippen molar-refractivity contribution >= 4 is 0 Å². The Morgan fingerprint density at radius 1 is 1.73 bits per heavy atom. The van der Waals surface area contributed by atoms with Gasteiger partial charge in [-0.1, -0.05) is 0 Å². The fraction of sp³-hybridized carbons (Fsp3) is 1.00. The van der Waals surface area contributed by atoms with E-state index < -0.39 is 6.23 Å². The molecule has 0 radical (unpaired) electrons. The van der Waals surface area contributed by atoms with E-state index in [0.29, 0.717) is 0 Å². The van der Waals surface area contributed by atoms with Crippen LogP contribution in [0.25, 0.3) is 0 Å². The Bertz CT molecular complexity index is 119. The second-order valence-corrected chi connectivity index (χ2v) is 2.96. The third kappa shape index (κ3) is 2.41. The second-order valence-electron chi connectivity index (χ2n) is 2.96. The molecule has 0 bridgehead atoms. The van der Waals surface area contributed by atoms with Crippen LogP contribution in [0.1, 0.15) is 6.92 Å². The Labute approximate surface area is 66.8 Å². The lowest BCUT2D eigenvalue weighted by molar-refractivity contribution is -0.00556. The quantitative estimate of drug-likeness (QED) is 0.464. The van der Waals surface area contributed by atoms with Crippen molar-refractivity contribution in [3.8, 4) is 0 Å². The molecule has 0 saturated carbocycles. The molecule has 1 heterocycles. The van der Waals surface area contributed by atoms with Gasteiger partial charge >= 0.3 is 0 Å². The fourth-order valence-electron chi connectivity index (χ4n) is 1.31. The van der Waals surface area contributed by atoms with Crippen molar-refractivity contribution in [2.75, 3.05) is 26.2 Å². The topological polar surface area (TPSA) is 55.7 Å². The van der Waals surface area contributed by atoms with E-state index in [2.05, 4.69) is 5.32 Å². The van der Waals surface area contributed by atoms with E-state index >= 15 is 0 Å². The maximum atomic E-state index is 9.21. The number of aliphatic hydroxyl groups is 2. The van der Waals surface area contributed by atoms with Crippen molar-refractivity contribution in [2.24, 2.45) is 0 Å². The van der Waals surface area contributed by atoms with Gasteiger partial charge in [-0.3, -0.25) is 4.90 Å². The third-order valence-electron chi connectivity index (χ3n) is 2.04. The Morgan fingerprint density at radius 2 is 2.45 bits per heavy atom. The summed E-state index contributed by atoms with van der Waals surface area (Å²) in [5.41, 5.74) is 0. The van der Waals surface area contributed by atoms with Gasteiger partial charge in [-0.05, 0) is 6.92 Å². The van der Waals surface area contributed by atoms with Crippen LogP contribution in [0.2, 0.25) is 0 Å². The highest BCUT2D eigenvalue weighted by molar-refractivity contribution is 4.77. The summed E-state index contributed by atoms with van der Waals surface area (Å²) >= 11 is 0. The zero-order valence-electron chi connectivity index (χ0n) is 6.82. The summed E-state index contributed by atoms with van der Waals surface area (Å²) in [7, 11) is 0. The number of hydrogen-bond acceptors (Lipinski definition) is 4. The van der Waals surface area contributed by atoms with E-state index in [-0.39, 0.29) is 12.6 Å². The predicted octanol–water partition coefficient (Wildman–Crippen LogP) is -1.41. The van der Waals surface area contributed by atoms with Crippen molar-refractivity contribution in [1.82, 2.24) is 10.2 Å². The number of rotatable bonds is 2. The average molecular weight is 160 g/mol. The zero-order chi connectivity index (χ0) is 8.27. The number of nitrogens with zero attached hydrogens (tertiary/aromatic N) is 1. The first kappa shape index (κ1) is 8.93. The standard InChI is InChI=1S/C7H16N2O2/c1-6(11)9-3-2-8-7(4-9)5-10/h6-8,10-11H,2-5H2,1H3. The van der Waals surface area contributed by atoms with Gasteiger partial charge in [0.1, 0.15) is 6.23 Å². The highest BCUT2D eigenvalue weighted by atomic mass is 16.3. The molecule has 0 amide bonds. The van der Waals surface area contributed by atoms with Gasteiger partial charge in [-0.15, -0.1) is 0 Å².